The summed E-state index contributed by atoms with van der Waals surface area (Å²) in [6.07, 6.45) is -8.50. The van der Waals surface area contributed by atoms with E-state index in [0.29, 0.717) is 0 Å². The van der Waals surface area contributed by atoms with E-state index in [4.69, 9.17) is 0 Å². The smallest absolute Gasteiger partial charge is 0.255 e. The molecule has 0 amide bonds. The van der Waals surface area contributed by atoms with E-state index in [2.05, 4.69) is 4.74 Å². The SMILES string of the molecule is CC(C)CCC(F)(F)OC(F)(F)CCC(C)C. The Morgan fingerprint density at radius 1 is 0.765 bits per heavy atom. The minimum atomic E-state index is -3.75. The highest BCUT2D eigenvalue weighted by molar-refractivity contribution is 4.62. The normalized spacial score (nSPS) is 13.8. The molecule has 17 heavy (non-hydrogen) atoms. The molecule has 0 aliphatic carbocycles. The zero-order valence-corrected chi connectivity index (χ0v) is 10.9. The van der Waals surface area contributed by atoms with Gasteiger partial charge in [-0.1, -0.05) is 27.7 Å². The minimum Gasteiger partial charge on any atom is -0.255 e. The van der Waals surface area contributed by atoms with Crippen molar-refractivity contribution in [3.05, 3.63) is 0 Å². The van der Waals surface area contributed by atoms with Gasteiger partial charge in [0.15, 0.2) is 0 Å². The van der Waals surface area contributed by atoms with E-state index in [1.165, 1.54) is 0 Å². The molecule has 0 rings (SSSR count). The van der Waals surface area contributed by atoms with Gasteiger partial charge in [0, 0.05) is 12.8 Å². The van der Waals surface area contributed by atoms with Crippen molar-refractivity contribution in [2.75, 3.05) is 0 Å². The molecule has 0 atom stereocenters. The summed E-state index contributed by atoms with van der Waals surface area (Å²) in [7, 11) is 0. The van der Waals surface area contributed by atoms with Crippen LogP contribution in [0.15, 0.2) is 0 Å². The van der Waals surface area contributed by atoms with Crippen LogP contribution in [0.5, 0.6) is 0 Å². The molecule has 104 valence electrons. The van der Waals surface area contributed by atoms with Crippen molar-refractivity contribution in [2.45, 2.75) is 65.6 Å². The molecule has 0 aliphatic rings. The lowest BCUT2D eigenvalue weighted by Crippen LogP contribution is -2.33. The average Bonchev–Trinajstić information content (AvgIpc) is 2.10. The zero-order valence-electron chi connectivity index (χ0n) is 10.9. The Labute approximate surface area is 101 Å². The molecule has 0 aromatic heterocycles. The first-order valence-corrected chi connectivity index (χ1v) is 6.00. The fourth-order valence-corrected chi connectivity index (χ4v) is 1.23. The molecule has 1 nitrogen and oxygen atoms in total. The number of rotatable bonds is 8. The van der Waals surface area contributed by atoms with E-state index in [1.54, 1.807) is 27.7 Å². The van der Waals surface area contributed by atoms with Gasteiger partial charge in [-0.2, -0.15) is 17.6 Å². The molecule has 0 fully saturated rings. The molecule has 0 spiro atoms. The second-order valence-corrected chi connectivity index (χ2v) is 5.24. The molecule has 0 bridgehead atoms. The summed E-state index contributed by atoms with van der Waals surface area (Å²) in [5.41, 5.74) is 0. The van der Waals surface area contributed by atoms with Crippen LogP contribution in [-0.2, 0) is 4.74 Å². The number of alkyl halides is 4. The van der Waals surface area contributed by atoms with Crippen molar-refractivity contribution >= 4 is 0 Å². The lowest BCUT2D eigenvalue weighted by Gasteiger charge is -2.24. The van der Waals surface area contributed by atoms with E-state index >= 15 is 0 Å². The van der Waals surface area contributed by atoms with Crippen LogP contribution in [-0.4, -0.2) is 12.2 Å². The molecule has 0 aromatic carbocycles. The topological polar surface area (TPSA) is 9.23 Å². The minimum absolute atomic E-state index is 0.0359. The quantitative estimate of drug-likeness (QED) is 0.553. The molecular weight excluding hydrogens is 236 g/mol. The van der Waals surface area contributed by atoms with Gasteiger partial charge >= 0.3 is 12.2 Å². The van der Waals surface area contributed by atoms with Crippen LogP contribution in [0.4, 0.5) is 17.6 Å². The van der Waals surface area contributed by atoms with Gasteiger partial charge in [0.05, 0.1) is 0 Å². The Morgan fingerprint density at radius 3 is 1.29 bits per heavy atom. The van der Waals surface area contributed by atoms with E-state index in [1.807, 2.05) is 0 Å². The maximum atomic E-state index is 13.1. The average molecular weight is 258 g/mol. The van der Waals surface area contributed by atoms with Gasteiger partial charge in [-0.15, -0.1) is 0 Å². The fraction of sp³-hybridized carbons (Fsp3) is 1.00. The van der Waals surface area contributed by atoms with Gasteiger partial charge in [0.2, 0.25) is 0 Å². The Morgan fingerprint density at radius 2 is 1.06 bits per heavy atom. The third-order valence-corrected chi connectivity index (χ3v) is 2.32. The van der Waals surface area contributed by atoms with Crippen molar-refractivity contribution in [3.63, 3.8) is 0 Å². The molecule has 5 heteroatoms. The Kier molecular flexibility index (Phi) is 6.45. The number of ether oxygens (including phenoxy) is 1. The maximum Gasteiger partial charge on any atom is 0.360 e. The Hall–Kier alpha value is -0.320. The zero-order chi connectivity index (χ0) is 13.7. The Balaban J connectivity index is 4.17. The van der Waals surface area contributed by atoms with Crippen LogP contribution >= 0.6 is 0 Å². The summed E-state index contributed by atoms with van der Waals surface area (Å²) in [6.45, 7) is 7.03. The highest BCUT2D eigenvalue weighted by Crippen LogP contribution is 2.34. The molecule has 0 radical (unpaired) electrons. The molecule has 0 aromatic rings. The second kappa shape index (κ2) is 6.57. The molecule has 0 saturated heterocycles. The summed E-state index contributed by atoms with van der Waals surface area (Å²) in [5, 5.41) is 0. The van der Waals surface area contributed by atoms with Gasteiger partial charge in [-0.25, -0.2) is 0 Å². The van der Waals surface area contributed by atoms with Gasteiger partial charge in [0.25, 0.3) is 0 Å². The number of halogens is 4. The van der Waals surface area contributed by atoms with E-state index in [9.17, 15) is 17.6 Å². The standard InChI is InChI=1S/C12H22F4O/c1-9(2)5-7-11(13,14)17-12(15,16)8-6-10(3)4/h9-10H,5-8H2,1-4H3. The van der Waals surface area contributed by atoms with Crippen LogP contribution in [0.1, 0.15) is 53.4 Å². The van der Waals surface area contributed by atoms with Crippen LogP contribution < -0.4 is 0 Å². The monoisotopic (exact) mass is 258 g/mol. The summed E-state index contributed by atoms with van der Waals surface area (Å²) >= 11 is 0. The highest BCUT2D eigenvalue weighted by atomic mass is 19.3. The van der Waals surface area contributed by atoms with Gasteiger partial charge in [0.1, 0.15) is 0 Å². The second-order valence-electron chi connectivity index (χ2n) is 5.24. The van der Waals surface area contributed by atoms with Gasteiger partial charge in [-0.05, 0) is 24.7 Å². The van der Waals surface area contributed by atoms with E-state index in [0.717, 1.165) is 0 Å². The summed E-state index contributed by atoms with van der Waals surface area (Å²) < 4.78 is 56.1. The lowest BCUT2D eigenvalue weighted by atomic mass is 10.1. The number of hydrogen-bond donors (Lipinski definition) is 0. The van der Waals surface area contributed by atoms with Crippen molar-refractivity contribution < 1.29 is 22.3 Å². The number of hydrogen-bond acceptors (Lipinski definition) is 1. The third kappa shape index (κ3) is 9.39. The largest absolute Gasteiger partial charge is 0.360 e. The molecule has 0 saturated carbocycles. The molecule has 0 unspecified atom stereocenters. The van der Waals surface area contributed by atoms with Gasteiger partial charge in [-0.3, -0.25) is 4.74 Å². The molecule has 0 N–H and O–H groups in total. The molecule has 0 aliphatic heterocycles. The van der Waals surface area contributed by atoms with Crippen LogP contribution in [0.3, 0.4) is 0 Å². The molecular formula is C12H22F4O. The summed E-state index contributed by atoms with van der Waals surface area (Å²) in [6, 6.07) is 0. The van der Waals surface area contributed by atoms with E-state index < -0.39 is 25.1 Å². The van der Waals surface area contributed by atoms with E-state index in [-0.39, 0.29) is 24.7 Å². The van der Waals surface area contributed by atoms with Crippen molar-refractivity contribution in [1.82, 2.24) is 0 Å². The first-order valence-electron chi connectivity index (χ1n) is 6.00. The highest BCUT2D eigenvalue weighted by Gasteiger charge is 2.43. The summed E-state index contributed by atoms with van der Waals surface area (Å²) in [4.78, 5) is 0. The lowest BCUT2D eigenvalue weighted by molar-refractivity contribution is -0.379. The third-order valence-electron chi connectivity index (χ3n) is 2.32. The first kappa shape index (κ1) is 16.7. The predicted molar refractivity (Wildman–Crippen MR) is 59.1 cm³/mol. The maximum absolute atomic E-state index is 13.1. The van der Waals surface area contributed by atoms with Crippen molar-refractivity contribution in [1.29, 1.82) is 0 Å². The van der Waals surface area contributed by atoms with Crippen LogP contribution in [0.2, 0.25) is 0 Å². The first-order chi connectivity index (χ1) is 7.54. The van der Waals surface area contributed by atoms with Crippen LogP contribution in [0, 0.1) is 11.8 Å². The van der Waals surface area contributed by atoms with Crippen molar-refractivity contribution in [3.8, 4) is 0 Å². The Bertz CT molecular complexity index is 193. The molecule has 0 heterocycles. The summed E-state index contributed by atoms with van der Waals surface area (Å²) in [5.74, 6) is 0.0718. The fourth-order valence-electron chi connectivity index (χ4n) is 1.23. The van der Waals surface area contributed by atoms with Crippen LogP contribution in [0.25, 0.3) is 0 Å². The van der Waals surface area contributed by atoms with Gasteiger partial charge < -0.3 is 0 Å². The predicted octanol–water partition coefficient (Wildman–Crippen LogP) is 5.06. The van der Waals surface area contributed by atoms with Crippen molar-refractivity contribution in [2.24, 2.45) is 11.8 Å².